The second-order valence-electron chi connectivity index (χ2n) is 4.82. The Labute approximate surface area is 143 Å². The number of aromatic nitrogens is 2. The number of carbonyl (C=O) groups excluding carboxylic acids is 1. The van der Waals surface area contributed by atoms with E-state index in [0.29, 0.717) is 10.9 Å². The third-order valence-electron chi connectivity index (χ3n) is 3.21. The fourth-order valence-corrected chi connectivity index (χ4v) is 2.79. The van der Waals surface area contributed by atoms with Gasteiger partial charge in [0.2, 0.25) is 5.91 Å². The van der Waals surface area contributed by atoms with Crippen molar-refractivity contribution in [2.45, 2.75) is 0 Å². The Morgan fingerprint density at radius 2 is 2.00 bits per heavy atom. The summed E-state index contributed by atoms with van der Waals surface area (Å²) in [6.45, 7) is 0. The van der Waals surface area contributed by atoms with Crippen LogP contribution in [0.2, 0.25) is 0 Å². The zero-order chi connectivity index (χ0) is 16.8. The molecule has 0 bridgehead atoms. The molecule has 0 fully saturated rings. The summed E-state index contributed by atoms with van der Waals surface area (Å²) in [7, 11) is 1.60. The number of nitrogens with one attached hydrogen (secondary N) is 1. The van der Waals surface area contributed by atoms with Gasteiger partial charge in [0.25, 0.3) is 0 Å². The maximum Gasteiger partial charge on any atom is 0.250 e. The van der Waals surface area contributed by atoms with E-state index in [0.717, 1.165) is 17.0 Å². The largest absolute Gasteiger partial charge is 0.496 e. The van der Waals surface area contributed by atoms with Crippen molar-refractivity contribution in [1.29, 1.82) is 0 Å². The minimum atomic E-state index is -0.247. The topological polar surface area (TPSA) is 64.1 Å². The molecule has 0 saturated heterocycles. The van der Waals surface area contributed by atoms with Crippen LogP contribution in [0.5, 0.6) is 5.75 Å². The molecule has 0 radical (unpaired) electrons. The van der Waals surface area contributed by atoms with Crippen molar-refractivity contribution in [3.63, 3.8) is 0 Å². The van der Waals surface area contributed by atoms with E-state index >= 15 is 0 Å². The monoisotopic (exact) mass is 337 g/mol. The van der Waals surface area contributed by atoms with Crippen LogP contribution < -0.4 is 10.1 Å². The molecule has 1 aromatic carbocycles. The molecule has 6 heteroatoms. The summed E-state index contributed by atoms with van der Waals surface area (Å²) in [4.78, 5) is 20.7. The van der Waals surface area contributed by atoms with E-state index in [-0.39, 0.29) is 5.91 Å². The molecule has 2 aromatic heterocycles. The number of hydrogen-bond acceptors (Lipinski definition) is 5. The van der Waals surface area contributed by atoms with Gasteiger partial charge in [-0.15, -0.1) is 11.3 Å². The average Bonchev–Trinajstić information content (AvgIpc) is 3.09. The van der Waals surface area contributed by atoms with Gasteiger partial charge in [-0.2, -0.15) is 0 Å². The van der Waals surface area contributed by atoms with Crippen LogP contribution in [0.25, 0.3) is 17.5 Å². The molecule has 3 rings (SSSR count). The SMILES string of the molecule is COc1ccccc1C=CC(=O)Nc1nc(-c2ccccn2)cs1. The van der Waals surface area contributed by atoms with Crippen LogP contribution in [0.15, 0.2) is 60.1 Å². The Kier molecular flexibility index (Phi) is 4.98. The molecule has 0 aliphatic heterocycles. The number of para-hydroxylation sites is 1. The lowest BCUT2D eigenvalue weighted by Crippen LogP contribution is -2.07. The van der Waals surface area contributed by atoms with Crippen molar-refractivity contribution < 1.29 is 9.53 Å². The highest BCUT2D eigenvalue weighted by Gasteiger charge is 2.07. The van der Waals surface area contributed by atoms with Crippen molar-refractivity contribution in [3.05, 3.63) is 65.7 Å². The highest BCUT2D eigenvalue weighted by molar-refractivity contribution is 7.14. The number of methoxy groups -OCH3 is 1. The highest BCUT2D eigenvalue weighted by atomic mass is 32.1. The number of ether oxygens (including phenoxy) is 1. The first-order chi connectivity index (χ1) is 11.8. The lowest BCUT2D eigenvalue weighted by atomic mass is 10.2. The smallest absolute Gasteiger partial charge is 0.250 e. The molecule has 120 valence electrons. The van der Waals surface area contributed by atoms with Crippen LogP contribution >= 0.6 is 11.3 Å². The van der Waals surface area contributed by atoms with Gasteiger partial charge in [-0.05, 0) is 24.3 Å². The van der Waals surface area contributed by atoms with Gasteiger partial charge >= 0.3 is 0 Å². The summed E-state index contributed by atoms with van der Waals surface area (Å²) in [5.41, 5.74) is 2.35. The second-order valence-corrected chi connectivity index (χ2v) is 5.68. The average molecular weight is 337 g/mol. The molecule has 3 aromatic rings. The Hall–Kier alpha value is -2.99. The Bertz CT molecular complexity index is 859. The first kappa shape index (κ1) is 15.9. The number of anilines is 1. The minimum Gasteiger partial charge on any atom is -0.496 e. The summed E-state index contributed by atoms with van der Waals surface area (Å²) >= 11 is 1.36. The number of nitrogens with zero attached hydrogens (tertiary/aromatic N) is 2. The van der Waals surface area contributed by atoms with Crippen LogP contribution in [0.4, 0.5) is 5.13 Å². The fourth-order valence-electron chi connectivity index (χ4n) is 2.08. The lowest BCUT2D eigenvalue weighted by molar-refractivity contribution is -0.111. The maximum atomic E-state index is 12.0. The minimum absolute atomic E-state index is 0.247. The van der Waals surface area contributed by atoms with Crippen LogP contribution in [0.1, 0.15) is 5.56 Å². The molecule has 1 N–H and O–H groups in total. The van der Waals surface area contributed by atoms with Crippen LogP contribution in [0, 0.1) is 0 Å². The van der Waals surface area contributed by atoms with Gasteiger partial charge in [0.15, 0.2) is 5.13 Å². The van der Waals surface area contributed by atoms with Gasteiger partial charge in [0.1, 0.15) is 11.4 Å². The molecule has 1 amide bonds. The van der Waals surface area contributed by atoms with Gasteiger partial charge in [-0.3, -0.25) is 15.1 Å². The summed E-state index contributed by atoms with van der Waals surface area (Å²) in [6.07, 6.45) is 4.88. The lowest BCUT2D eigenvalue weighted by Gasteiger charge is -2.03. The number of thiazole rings is 1. The Balaban J connectivity index is 1.67. The third-order valence-corrected chi connectivity index (χ3v) is 3.97. The van der Waals surface area contributed by atoms with Crippen LogP contribution in [-0.2, 0) is 4.79 Å². The molecule has 0 saturated carbocycles. The van der Waals surface area contributed by atoms with E-state index in [4.69, 9.17) is 4.74 Å². The number of amides is 1. The molecule has 0 aliphatic rings. The van der Waals surface area contributed by atoms with Crippen molar-refractivity contribution in [2.75, 3.05) is 12.4 Å². The summed E-state index contributed by atoms with van der Waals surface area (Å²) < 4.78 is 5.25. The molecular weight excluding hydrogens is 322 g/mol. The highest BCUT2D eigenvalue weighted by Crippen LogP contribution is 2.23. The molecular formula is C18H15N3O2S. The number of pyridine rings is 1. The van der Waals surface area contributed by atoms with Crippen LogP contribution in [0.3, 0.4) is 0 Å². The Morgan fingerprint density at radius 1 is 1.17 bits per heavy atom. The molecule has 0 aliphatic carbocycles. The molecule has 0 spiro atoms. The molecule has 5 nitrogen and oxygen atoms in total. The quantitative estimate of drug-likeness (QED) is 0.718. The van der Waals surface area contributed by atoms with E-state index in [9.17, 15) is 4.79 Å². The van der Waals surface area contributed by atoms with E-state index in [2.05, 4.69) is 15.3 Å². The summed E-state index contributed by atoms with van der Waals surface area (Å²) in [5.74, 6) is 0.469. The van der Waals surface area contributed by atoms with E-state index in [1.165, 1.54) is 17.4 Å². The second kappa shape index (κ2) is 7.52. The molecule has 2 heterocycles. The Morgan fingerprint density at radius 3 is 2.79 bits per heavy atom. The third kappa shape index (κ3) is 3.85. The van der Waals surface area contributed by atoms with Crippen LogP contribution in [-0.4, -0.2) is 23.0 Å². The summed E-state index contributed by atoms with van der Waals surface area (Å²) in [6, 6.07) is 13.1. The number of benzene rings is 1. The van der Waals surface area contributed by atoms with Crippen molar-refractivity contribution in [3.8, 4) is 17.1 Å². The standard InChI is InChI=1S/C18H15N3O2S/c1-23-16-8-3-2-6-13(16)9-10-17(22)21-18-20-15(12-24-18)14-7-4-5-11-19-14/h2-12H,1H3,(H,20,21,22). The maximum absolute atomic E-state index is 12.0. The van der Waals surface area contributed by atoms with Gasteiger partial charge in [0, 0.05) is 23.2 Å². The van der Waals surface area contributed by atoms with Crippen molar-refractivity contribution in [2.24, 2.45) is 0 Å². The molecule has 24 heavy (non-hydrogen) atoms. The first-order valence-corrected chi connectivity index (χ1v) is 8.13. The van der Waals surface area contributed by atoms with Gasteiger partial charge < -0.3 is 4.74 Å². The fraction of sp³-hybridized carbons (Fsp3) is 0.0556. The van der Waals surface area contributed by atoms with Gasteiger partial charge in [0.05, 0.1) is 12.8 Å². The zero-order valence-electron chi connectivity index (χ0n) is 13.0. The van der Waals surface area contributed by atoms with Crippen molar-refractivity contribution in [1.82, 2.24) is 9.97 Å². The number of rotatable bonds is 5. The summed E-state index contributed by atoms with van der Waals surface area (Å²) in [5, 5.41) is 5.15. The van der Waals surface area contributed by atoms with E-state index < -0.39 is 0 Å². The number of carbonyl (C=O) groups is 1. The van der Waals surface area contributed by atoms with Gasteiger partial charge in [-0.1, -0.05) is 24.3 Å². The normalized spacial score (nSPS) is 10.7. The number of hydrogen-bond donors (Lipinski definition) is 1. The van der Waals surface area contributed by atoms with E-state index in [1.807, 2.05) is 47.8 Å². The van der Waals surface area contributed by atoms with Crippen molar-refractivity contribution >= 4 is 28.5 Å². The van der Waals surface area contributed by atoms with Gasteiger partial charge in [-0.25, -0.2) is 4.98 Å². The predicted molar refractivity (Wildman–Crippen MR) is 96.0 cm³/mol. The zero-order valence-corrected chi connectivity index (χ0v) is 13.8. The molecule has 0 unspecified atom stereocenters. The predicted octanol–water partition coefficient (Wildman–Crippen LogP) is 3.87. The molecule has 0 atom stereocenters. The first-order valence-electron chi connectivity index (χ1n) is 7.25. The van der Waals surface area contributed by atoms with E-state index in [1.54, 1.807) is 19.4 Å².